The zero-order valence-corrected chi connectivity index (χ0v) is 10.2. The summed E-state index contributed by atoms with van der Waals surface area (Å²) in [5.74, 6) is 11.6. The summed E-state index contributed by atoms with van der Waals surface area (Å²) in [6.45, 7) is 6.22. The molecule has 1 atom stereocenters. The van der Waals surface area contributed by atoms with E-state index in [0.29, 0.717) is 0 Å². The van der Waals surface area contributed by atoms with Gasteiger partial charge in [-0.15, -0.1) is 11.8 Å². The molecule has 3 N–H and O–H groups in total. The van der Waals surface area contributed by atoms with Gasteiger partial charge in [0, 0.05) is 17.9 Å². The van der Waals surface area contributed by atoms with Crippen LogP contribution in [-0.2, 0) is 5.41 Å². The van der Waals surface area contributed by atoms with Gasteiger partial charge in [-0.1, -0.05) is 44.2 Å². The van der Waals surface area contributed by atoms with Crippen LogP contribution in [0.4, 0.5) is 0 Å². The molecule has 0 fully saturated rings. The normalized spacial score (nSPS) is 12.8. The number of hydrazine groups is 1. The zero-order valence-electron chi connectivity index (χ0n) is 10.2. The minimum atomic E-state index is -0.0279. The Hall–Kier alpha value is -1.30. The van der Waals surface area contributed by atoms with E-state index in [9.17, 15) is 0 Å². The minimum Gasteiger partial charge on any atom is -0.271 e. The molecule has 0 aromatic heterocycles. The van der Waals surface area contributed by atoms with Gasteiger partial charge in [0.1, 0.15) is 0 Å². The van der Waals surface area contributed by atoms with Crippen molar-refractivity contribution in [1.82, 2.24) is 5.43 Å². The lowest BCUT2D eigenvalue weighted by atomic mass is 9.77. The monoisotopic (exact) mass is 216 g/mol. The van der Waals surface area contributed by atoms with Gasteiger partial charge in [-0.25, -0.2) is 0 Å². The van der Waals surface area contributed by atoms with Gasteiger partial charge in [-0.05, 0) is 12.5 Å². The van der Waals surface area contributed by atoms with Gasteiger partial charge in [0.15, 0.2) is 0 Å². The number of nitrogens with one attached hydrogen (secondary N) is 1. The standard InChI is InChI=1S/C14H20N2/c1-4-5-11-13(16-15)14(2,3)12-9-7-6-8-10-12/h6-10,13,16H,11,15H2,1-3H3. The van der Waals surface area contributed by atoms with Crippen molar-refractivity contribution in [3.05, 3.63) is 35.9 Å². The molecule has 0 saturated heterocycles. The van der Waals surface area contributed by atoms with Crippen LogP contribution in [-0.4, -0.2) is 6.04 Å². The summed E-state index contributed by atoms with van der Waals surface area (Å²) in [5.41, 5.74) is 4.12. The summed E-state index contributed by atoms with van der Waals surface area (Å²) in [7, 11) is 0. The van der Waals surface area contributed by atoms with Gasteiger partial charge < -0.3 is 0 Å². The van der Waals surface area contributed by atoms with Crippen LogP contribution in [0.3, 0.4) is 0 Å². The lowest BCUT2D eigenvalue weighted by Crippen LogP contribution is -2.47. The Kier molecular flexibility index (Phi) is 4.54. The van der Waals surface area contributed by atoms with Gasteiger partial charge in [-0.2, -0.15) is 0 Å². The molecule has 0 spiro atoms. The highest BCUT2D eigenvalue weighted by Crippen LogP contribution is 2.28. The van der Waals surface area contributed by atoms with E-state index in [1.165, 1.54) is 5.56 Å². The van der Waals surface area contributed by atoms with Gasteiger partial charge in [0.05, 0.1) is 0 Å². The average Bonchev–Trinajstić information content (AvgIpc) is 2.31. The lowest BCUT2D eigenvalue weighted by molar-refractivity contribution is 0.349. The number of hydrogen-bond acceptors (Lipinski definition) is 2. The van der Waals surface area contributed by atoms with E-state index in [1.54, 1.807) is 0 Å². The third kappa shape index (κ3) is 2.85. The SMILES string of the molecule is CC#CCC(NN)C(C)(C)c1ccccc1. The van der Waals surface area contributed by atoms with E-state index in [4.69, 9.17) is 5.84 Å². The van der Waals surface area contributed by atoms with Crippen molar-refractivity contribution in [3.8, 4) is 11.8 Å². The molecule has 0 saturated carbocycles. The van der Waals surface area contributed by atoms with Crippen molar-refractivity contribution in [1.29, 1.82) is 0 Å². The quantitative estimate of drug-likeness (QED) is 0.460. The second kappa shape index (κ2) is 5.69. The van der Waals surface area contributed by atoms with Crippen LogP contribution in [0.2, 0.25) is 0 Å². The molecule has 1 aromatic carbocycles. The van der Waals surface area contributed by atoms with Crippen molar-refractivity contribution in [2.24, 2.45) is 5.84 Å². The smallest absolute Gasteiger partial charge is 0.0411 e. The Balaban J connectivity index is 2.92. The predicted molar refractivity (Wildman–Crippen MR) is 68.6 cm³/mol. The first kappa shape index (κ1) is 12.8. The molecule has 1 aromatic rings. The summed E-state index contributed by atoms with van der Waals surface area (Å²) in [6.07, 6.45) is 0.759. The maximum atomic E-state index is 5.62. The van der Waals surface area contributed by atoms with Crippen LogP contribution in [0.15, 0.2) is 30.3 Å². The number of rotatable bonds is 4. The van der Waals surface area contributed by atoms with Crippen LogP contribution < -0.4 is 11.3 Å². The molecule has 0 bridgehead atoms. The molecule has 0 radical (unpaired) electrons. The highest BCUT2D eigenvalue weighted by Gasteiger charge is 2.29. The fraction of sp³-hybridized carbons (Fsp3) is 0.429. The summed E-state index contributed by atoms with van der Waals surface area (Å²) < 4.78 is 0. The average molecular weight is 216 g/mol. The first-order chi connectivity index (χ1) is 7.62. The molecule has 1 rings (SSSR count). The second-order valence-electron chi connectivity index (χ2n) is 4.44. The molecule has 1 unspecified atom stereocenters. The van der Waals surface area contributed by atoms with Crippen molar-refractivity contribution in [2.75, 3.05) is 0 Å². The third-order valence-corrected chi connectivity index (χ3v) is 3.07. The van der Waals surface area contributed by atoms with Crippen molar-refractivity contribution < 1.29 is 0 Å². The van der Waals surface area contributed by atoms with Crippen LogP contribution in [0, 0.1) is 11.8 Å². The molecule has 2 nitrogen and oxygen atoms in total. The summed E-state index contributed by atoms with van der Waals surface area (Å²) in [5, 5.41) is 0. The van der Waals surface area contributed by atoms with Gasteiger partial charge in [0.25, 0.3) is 0 Å². The fourth-order valence-corrected chi connectivity index (χ4v) is 1.80. The molecule has 0 aliphatic heterocycles. The van der Waals surface area contributed by atoms with Crippen molar-refractivity contribution in [2.45, 2.75) is 38.6 Å². The molecule has 0 heterocycles. The maximum Gasteiger partial charge on any atom is 0.0411 e. The summed E-state index contributed by atoms with van der Waals surface area (Å²) >= 11 is 0. The molecule has 2 heteroatoms. The van der Waals surface area contributed by atoms with Crippen LogP contribution in [0.5, 0.6) is 0 Å². The molecule has 0 aliphatic carbocycles. The zero-order chi connectivity index (χ0) is 12.0. The molecule has 0 aliphatic rings. The van der Waals surface area contributed by atoms with Crippen LogP contribution in [0.1, 0.15) is 32.8 Å². The van der Waals surface area contributed by atoms with E-state index in [1.807, 2.05) is 13.0 Å². The van der Waals surface area contributed by atoms with Crippen molar-refractivity contribution >= 4 is 0 Å². The first-order valence-electron chi connectivity index (χ1n) is 5.54. The maximum absolute atomic E-state index is 5.62. The number of nitrogens with two attached hydrogens (primary N) is 1. The Morgan fingerprint density at radius 1 is 1.31 bits per heavy atom. The van der Waals surface area contributed by atoms with Crippen LogP contribution >= 0.6 is 0 Å². The van der Waals surface area contributed by atoms with Gasteiger partial charge >= 0.3 is 0 Å². The Morgan fingerprint density at radius 2 is 1.94 bits per heavy atom. The highest BCUT2D eigenvalue weighted by atomic mass is 15.2. The minimum absolute atomic E-state index is 0.0279. The first-order valence-corrected chi connectivity index (χ1v) is 5.54. The number of hydrogen-bond donors (Lipinski definition) is 2. The van der Waals surface area contributed by atoms with E-state index in [0.717, 1.165) is 6.42 Å². The Morgan fingerprint density at radius 3 is 2.44 bits per heavy atom. The fourth-order valence-electron chi connectivity index (χ4n) is 1.80. The highest BCUT2D eigenvalue weighted by molar-refractivity contribution is 5.26. The van der Waals surface area contributed by atoms with Crippen molar-refractivity contribution in [3.63, 3.8) is 0 Å². The van der Waals surface area contributed by atoms with E-state index in [-0.39, 0.29) is 11.5 Å². The Bertz CT molecular complexity index is 371. The molecule has 16 heavy (non-hydrogen) atoms. The molecule has 86 valence electrons. The Labute approximate surface area is 98.2 Å². The van der Waals surface area contributed by atoms with E-state index < -0.39 is 0 Å². The van der Waals surface area contributed by atoms with E-state index >= 15 is 0 Å². The van der Waals surface area contributed by atoms with E-state index in [2.05, 4.69) is 55.4 Å². The predicted octanol–water partition coefficient (Wildman–Crippen LogP) is 2.21. The number of benzene rings is 1. The second-order valence-corrected chi connectivity index (χ2v) is 4.44. The topological polar surface area (TPSA) is 38.0 Å². The summed E-state index contributed by atoms with van der Waals surface area (Å²) in [6, 6.07) is 10.5. The summed E-state index contributed by atoms with van der Waals surface area (Å²) in [4.78, 5) is 0. The largest absolute Gasteiger partial charge is 0.271 e. The van der Waals surface area contributed by atoms with Gasteiger partial charge in [0.2, 0.25) is 0 Å². The molecular weight excluding hydrogens is 196 g/mol. The molecular formula is C14H20N2. The third-order valence-electron chi connectivity index (χ3n) is 3.07. The molecule has 0 amide bonds. The van der Waals surface area contributed by atoms with Gasteiger partial charge in [-0.3, -0.25) is 11.3 Å². The van der Waals surface area contributed by atoms with Crippen LogP contribution in [0.25, 0.3) is 0 Å². The lowest BCUT2D eigenvalue weighted by Gasteiger charge is -2.33.